The molecular formula is C16H31N3O6Si. The van der Waals surface area contributed by atoms with Gasteiger partial charge >= 0.3 is 5.97 Å². The minimum absolute atomic E-state index is 0.142. The van der Waals surface area contributed by atoms with E-state index in [-0.39, 0.29) is 5.04 Å². The van der Waals surface area contributed by atoms with Gasteiger partial charge in [-0.3, -0.25) is 0 Å². The molecule has 26 heavy (non-hydrogen) atoms. The molecule has 0 radical (unpaired) electrons. The molecule has 4 atom stereocenters. The van der Waals surface area contributed by atoms with Crippen molar-refractivity contribution in [3.05, 3.63) is 10.4 Å². The highest BCUT2D eigenvalue weighted by Gasteiger charge is 2.53. The number of azide groups is 1. The van der Waals surface area contributed by atoms with E-state index in [9.17, 15) is 9.90 Å². The lowest BCUT2D eigenvalue weighted by Crippen LogP contribution is -2.55. The molecule has 1 aliphatic rings. The predicted molar refractivity (Wildman–Crippen MR) is 97.9 cm³/mol. The third-order valence-electron chi connectivity index (χ3n) is 4.89. The van der Waals surface area contributed by atoms with E-state index in [2.05, 4.69) is 30.8 Å². The zero-order chi connectivity index (χ0) is 20.3. The van der Waals surface area contributed by atoms with Crippen molar-refractivity contribution in [2.45, 2.75) is 82.9 Å². The van der Waals surface area contributed by atoms with Gasteiger partial charge in [0.15, 0.2) is 20.2 Å². The zero-order valence-corrected chi connectivity index (χ0v) is 17.8. The van der Waals surface area contributed by atoms with Crippen molar-refractivity contribution in [3.63, 3.8) is 0 Å². The van der Waals surface area contributed by atoms with Crippen molar-refractivity contribution in [1.29, 1.82) is 0 Å². The standard InChI is InChI=1S/C16H31N3O6Si/c1-15(2,3)26(7,8)25-11(10(9-20)18-19-17)12-13(14(21)22-6)24-16(4,5)23-12/h10-13,20H,9H2,1-8H3/t10-,11+,12-,13-/m0/s1. The predicted octanol–water partition coefficient (Wildman–Crippen LogP) is 2.74. The molecule has 0 amide bonds. The van der Waals surface area contributed by atoms with Crippen LogP contribution < -0.4 is 0 Å². The maximum atomic E-state index is 12.2. The Hall–Kier alpha value is -1.16. The van der Waals surface area contributed by atoms with E-state index in [4.69, 9.17) is 24.2 Å². The van der Waals surface area contributed by atoms with Crippen molar-refractivity contribution < 1.29 is 28.5 Å². The van der Waals surface area contributed by atoms with Crippen LogP contribution in [0, 0.1) is 0 Å². The number of carbonyl (C=O) groups is 1. The molecule has 1 fully saturated rings. The van der Waals surface area contributed by atoms with Crippen LogP contribution in [0.5, 0.6) is 0 Å². The first-order valence-corrected chi connectivity index (χ1v) is 11.5. The van der Waals surface area contributed by atoms with E-state index >= 15 is 0 Å². The lowest BCUT2D eigenvalue weighted by Gasteiger charge is -2.42. The largest absolute Gasteiger partial charge is 0.467 e. The van der Waals surface area contributed by atoms with Gasteiger partial charge in [-0.2, -0.15) is 0 Å². The highest BCUT2D eigenvalue weighted by atomic mass is 28.4. The van der Waals surface area contributed by atoms with Gasteiger partial charge in [0, 0.05) is 4.91 Å². The van der Waals surface area contributed by atoms with Crippen molar-refractivity contribution in [2.24, 2.45) is 5.11 Å². The number of aliphatic hydroxyl groups is 1. The number of carbonyl (C=O) groups excluding carboxylic acids is 1. The van der Waals surface area contributed by atoms with Crippen LogP contribution in [0.3, 0.4) is 0 Å². The summed E-state index contributed by atoms with van der Waals surface area (Å²) in [5.74, 6) is -1.66. The Balaban J connectivity index is 3.34. The van der Waals surface area contributed by atoms with E-state index < -0.39 is 51.0 Å². The normalized spacial score (nSPS) is 25.3. The first kappa shape index (κ1) is 22.9. The van der Waals surface area contributed by atoms with Crippen molar-refractivity contribution in [1.82, 2.24) is 0 Å². The first-order chi connectivity index (χ1) is 11.8. The van der Waals surface area contributed by atoms with Crippen LogP contribution in [0.1, 0.15) is 34.6 Å². The Morgan fingerprint density at radius 3 is 2.38 bits per heavy atom. The van der Waals surface area contributed by atoms with Crippen LogP contribution in [-0.4, -0.2) is 63.3 Å². The smallest absolute Gasteiger partial charge is 0.337 e. The van der Waals surface area contributed by atoms with E-state index in [1.807, 2.05) is 13.1 Å². The molecule has 10 heteroatoms. The third-order valence-corrected chi connectivity index (χ3v) is 9.36. The Morgan fingerprint density at radius 1 is 1.38 bits per heavy atom. The number of ether oxygens (including phenoxy) is 3. The molecule has 0 aliphatic carbocycles. The van der Waals surface area contributed by atoms with Gasteiger partial charge in [-0.15, -0.1) is 0 Å². The Kier molecular flexibility index (Phi) is 7.25. The summed E-state index contributed by atoms with van der Waals surface area (Å²) in [6.07, 6.45) is -2.79. The molecule has 1 saturated heterocycles. The molecular weight excluding hydrogens is 358 g/mol. The van der Waals surface area contributed by atoms with Crippen LogP contribution in [-0.2, 0) is 23.4 Å². The van der Waals surface area contributed by atoms with Gasteiger partial charge in [-0.1, -0.05) is 25.9 Å². The second kappa shape index (κ2) is 8.24. The number of esters is 1. The number of rotatable bonds is 7. The molecule has 1 rings (SSSR count). The van der Waals surface area contributed by atoms with Gasteiger partial charge in [-0.25, -0.2) is 4.79 Å². The van der Waals surface area contributed by atoms with Gasteiger partial charge < -0.3 is 23.7 Å². The number of methoxy groups -OCH3 is 1. The fourth-order valence-electron chi connectivity index (χ4n) is 2.48. The lowest BCUT2D eigenvalue weighted by molar-refractivity contribution is -0.169. The molecule has 9 nitrogen and oxygen atoms in total. The maximum Gasteiger partial charge on any atom is 0.337 e. The second-order valence-electron chi connectivity index (χ2n) is 8.34. The van der Waals surface area contributed by atoms with Crippen LogP contribution in [0.15, 0.2) is 5.11 Å². The summed E-state index contributed by atoms with van der Waals surface area (Å²) in [5, 5.41) is 13.3. The Bertz CT molecular complexity index is 557. The molecule has 1 aliphatic heterocycles. The summed E-state index contributed by atoms with van der Waals surface area (Å²) in [6, 6.07) is -0.927. The molecule has 0 bridgehead atoms. The fourth-order valence-corrected chi connectivity index (χ4v) is 3.81. The molecule has 0 spiro atoms. The monoisotopic (exact) mass is 389 g/mol. The fraction of sp³-hybridized carbons (Fsp3) is 0.938. The highest BCUT2D eigenvalue weighted by molar-refractivity contribution is 6.74. The van der Waals surface area contributed by atoms with Crippen molar-refractivity contribution >= 4 is 14.3 Å². The average molecular weight is 390 g/mol. The maximum absolute atomic E-state index is 12.2. The molecule has 0 aromatic rings. The van der Waals surface area contributed by atoms with Gasteiger partial charge in [-0.05, 0) is 37.5 Å². The van der Waals surface area contributed by atoms with Crippen LogP contribution >= 0.6 is 0 Å². The second-order valence-corrected chi connectivity index (χ2v) is 13.1. The third kappa shape index (κ3) is 5.18. The van der Waals surface area contributed by atoms with E-state index in [0.29, 0.717) is 0 Å². The summed E-state index contributed by atoms with van der Waals surface area (Å²) in [4.78, 5) is 15.0. The topological polar surface area (TPSA) is 123 Å². The molecule has 150 valence electrons. The quantitative estimate of drug-likeness (QED) is 0.235. The minimum Gasteiger partial charge on any atom is -0.467 e. The highest BCUT2D eigenvalue weighted by Crippen LogP contribution is 2.41. The first-order valence-electron chi connectivity index (χ1n) is 8.56. The van der Waals surface area contributed by atoms with E-state index in [0.717, 1.165) is 0 Å². The number of aliphatic hydroxyl groups excluding tert-OH is 1. The number of nitrogens with zero attached hydrogens (tertiary/aromatic N) is 3. The summed E-state index contributed by atoms with van der Waals surface area (Å²) in [6.45, 7) is 13.1. The summed E-state index contributed by atoms with van der Waals surface area (Å²) in [5.41, 5.74) is 8.88. The molecule has 0 aromatic heterocycles. The molecule has 0 unspecified atom stereocenters. The minimum atomic E-state index is -2.35. The zero-order valence-electron chi connectivity index (χ0n) is 16.8. The Labute approximate surface area is 155 Å². The number of hydrogen-bond donors (Lipinski definition) is 1. The molecule has 0 saturated carbocycles. The summed E-state index contributed by atoms with van der Waals surface area (Å²) >= 11 is 0. The molecule has 1 heterocycles. The Morgan fingerprint density at radius 2 is 1.96 bits per heavy atom. The SMILES string of the molecule is COC(=O)[C@H]1OC(C)(C)O[C@H]1[C@H](O[Si](C)(C)C(C)(C)C)[C@H](CO)N=[N+]=[N-]. The lowest BCUT2D eigenvalue weighted by atomic mass is 10.0. The molecule has 0 aromatic carbocycles. The van der Waals surface area contributed by atoms with Gasteiger partial charge in [0.25, 0.3) is 0 Å². The average Bonchev–Trinajstić information content (AvgIpc) is 2.84. The summed E-state index contributed by atoms with van der Waals surface area (Å²) in [7, 11) is -1.09. The van der Waals surface area contributed by atoms with Crippen molar-refractivity contribution in [3.8, 4) is 0 Å². The van der Waals surface area contributed by atoms with Crippen LogP contribution in [0.2, 0.25) is 18.1 Å². The number of hydrogen-bond acceptors (Lipinski definition) is 7. The summed E-state index contributed by atoms with van der Waals surface area (Å²) < 4.78 is 22.8. The van der Waals surface area contributed by atoms with Gasteiger partial charge in [0.1, 0.15) is 6.10 Å². The van der Waals surface area contributed by atoms with E-state index in [1.165, 1.54) is 7.11 Å². The van der Waals surface area contributed by atoms with E-state index in [1.54, 1.807) is 13.8 Å². The van der Waals surface area contributed by atoms with Gasteiger partial charge in [0.2, 0.25) is 0 Å². The van der Waals surface area contributed by atoms with Crippen molar-refractivity contribution in [2.75, 3.05) is 13.7 Å². The van der Waals surface area contributed by atoms with Crippen LogP contribution in [0.4, 0.5) is 0 Å². The van der Waals surface area contributed by atoms with Crippen LogP contribution in [0.25, 0.3) is 10.4 Å². The molecule has 1 N–H and O–H groups in total. The van der Waals surface area contributed by atoms with Gasteiger partial charge in [0.05, 0.1) is 25.9 Å².